The van der Waals surface area contributed by atoms with E-state index < -0.39 is 5.41 Å². The number of methoxy groups -OCH3 is 1. The number of halogens is 2. The lowest BCUT2D eigenvalue weighted by Crippen LogP contribution is -2.39. The molecule has 2 aromatic carbocycles. The number of ether oxygens (including phenoxy) is 1. The number of rotatable bonds is 6. The molecular formula is C19H18Cl2N2O3. The van der Waals surface area contributed by atoms with Crippen molar-refractivity contribution in [2.24, 2.45) is 5.41 Å². The van der Waals surface area contributed by atoms with Crippen LogP contribution < -0.4 is 15.4 Å². The molecule has 0 aliphatic heterocycles. The van der Waals surface area contributed by atoms with E-state index in [2.05, 4.69) is 10.6 Å². The fraction of sp³-hybridized carbons (Fsp3) is 0.263. The summed E-state index contributed by atoms with van der Waals surface area (Å²) in [5, 5.41) is 6.14. The molecule has 0 spiro atoms. The highest BCUT2D eigenvalue weighted by atomic mass is 35.5. The van der Waals surface area contributed by atoms with E-state index in [0.717, 1.165) is 5.56 Å². The lowest BCUT2D eigenvalue weighted by atomic mass is 10.0. The van der Waals surface area contributed by atoms with Crippen LogP contribution in [0.3, 0.4) is 0 Å². The summed E-state index contributed by atoms with van der Waals surface area (Å²) in [4.78, 5) is 25.2. The van der Waals surface area contributed by atoms with Gasteiger partial charge in [0, 0.05) is 12.1 Å². The second-order valence-electron chi connectivity index (χ2n) is 6.13. The van der Waals surface area contributed by atoms with E-state index in [-0.39, 0.29) is 23.4 Å². The van der Waals surface area contributed by atoms with Gasteiger partial charge in [0.1, 0.15) is 11.2 Å². The van der Waals surface area contributed by atoms with Crippen molar-refractivity contribution >= 4 is 40.7 Å². The third-order valence-electron chi connectivity index (χ3n) is 4.45. The van der Waals surface area contributed by atoms with Gasteiger partial charge in [0.15, 0.2) is 0 Å². The van der Waals surface area contributed by atoms with Gasteiger partial charge in [-0.1, -0.05) is 47.5 Å². The van der Waals surface area contributed by atoms with Gasteiger partial charge in [-0.15, -0.1) is 0 Å². The molecule has 2 amide bonds. The van der Waals surface area contributed by atoms with Crippen molar-refractivity contribution in [2.75, 3.05) is 12.4 Å². The molecule has 7 heteroatoms. The monoisotopic (exact) mass is 392 g/mol. The van der Waals surface area contributed by atoms with E-state index in [4.69, 9.17) is 27.9 Å². The first kappa shape index (κ1) is 18.5. The van der Waals surface area contributed by atoms with E-state index in [1.165, 1.54) is 0 Å². The molecular weight excluding hydrogens is 375 g/mol. The van der Waals surface area contributed by atoms with Crippen LogP contribution in [0, 0.1) is 5.41 Å². The Morgan fingerprint density at radius 2 is 1.81 bits per heavy atom. The quantitative estimate of drug-likeness (QED) is 0.728. The molecule has 0 radical (unpaired) electrons. The van der Waals surface area contributed by atoms with Gasteiger partial charge < -0.3 is 15.4 Å². The highest BCUT2D eigenvalue weighted by molar-refractivity contribution is 6.44. The minimum atomic E-state index is -1.06. The molecule has 26 heavy (non-hydrogen) atoms. The van der Waals surface area contributed by atoms with Crippen molar-refractivity contribution in [1.29, 1.82) is 0 Å². The van der Waals surface area contributed by atoms with Crippen molar-refractivity contribution in [1.82, 2.24) is 5.32 Å². The Kier molecular flexibility index (Phi) is 5.39. The Balaban J connectivity index is 1.67. The van der Waals surface area contributed by atoms with Gasteiger partial charge in [0.2, 0.25) is 11.8 Å². The predicted molar refractivity (Wildman–Crippen MR) is 102 cm³/mol. The van der Waals surface area contributed by atoms with Gasteiger partial charge in [-0.2, -0.15) is 0 Å². The number of amides is 2. The van der Waals surface area contributed by atoms with Gasteiger partial charge in [0.05, 0.1) is 22.8 Å². The number of hydrogen-bond donors (Lipinski definition) is 2. The highest BCUT2D eigenvalue weighted by Crippen LogP contribution is 2.47. The molecule has 0 saturated heterocycles. The second-order valence-corrected chi connectivity index (χ2v) is 6.92. The van der Waals surface area contributed by atoms with Gasteiger partial charge >= 0.3 is 0 Å². The first-order valence-corrected chi connectivity index (χ1v) is 8.89. The maximum Gasteiger partial charge on any atom is 0.240 e. The topological polar surface area (TPSA) is 67.4 Å². The maximum atomic E-state index is 12.6. The zero-order chi connectivity index (χ0) is 18.7. The Labute approximate surface area is 161 Å². The van der Waals surface area contributed by atoms with Crippen LogP contribution in [0.15, 0.2) is 42.5 Å². The Morgan fingerprint density at radius 3 is 2.50 bits per heavy atom. The minimum absolute atomic E-state index is 0.257. The molecule has 2 aromatic rings. The Morgan fingerprint density at radius 1 is 1.08 bits per heavy atom. The summed E-state index contributed by atoms with van der Waals surface area (Å²) >= 11 is 12.1. The van der Waals surface area contributed by atoms with Crippen molar-refractivity contribution in [3.63, 3.8) is 0 Å². The average molecular weight is 393 g/mol. The smallest absolute Gasteiger partial charge is 0.240 e. The number of hydrogen-bond acceptors (Lipinski definition) is 3. The average Bonchev–Trinajstić information content (AvgIpc) is 3.46. The molecule has 5 nitrogen and oxygen atoms in total. The van der Waals surface area contributed by atoms with Crippen LogP contribution in [0.5, 0.6) is 5.75 Å². The van der Waals surface area contributed by atoms with Crippen molar-refractivity contribution in [2.45, 2.75) is 19.4 Å². The molecule has 0 aromatic heterocycles. The third-order valence-corrected chi connectivity index (χ3v) is 5.27. The highest BCUT2D eigenvalue weighted by Gasteiger charge is 2.56. The third kappa shape index (κ3) is 3.64. The van der Waals surface area contributed by atoms with Crippen LogP contribution in [0.2, 0.25) is 10.0 Å². The van der Waals surface area contributed by atoms with Gasteiger partial charge in [-0.3, -0.25) is 9.59 Å². The number of benzene rings is 2. The molecule has 1 aliphatic rings. The number of carbonyl (C=O) groups excluding carboxylic acids is 2. The zero-order valence-corrected chi connectivity index (χ0v) is 15.7. The van der Waals surface area contributed by atoms with Gasteiger partial charge in [0.25, 0.3) is 0 Å². The lowest BCUT2D eigenvalue weighted by molar-refractivity contribution is -0.134. The molecule has 136 valence electrons. The van der Waals surface area contributed by atoms with E-state index in [9.17, 15) is 9.59 Å². The number of para-hydroxylation sites is 1. The van der Waals surface area contributed by atoms with E-state index >= 15 is 0 Å². The van der Waals surface area contributed by atoms with Crippen LogP contribution in [-0.2, 0) is 16.1 Å². The maximum absolute atomic E-state index is 12.6. The summed E-state index contributed by atoms with van der Waals surface area (Å²) in [5.41, 5.74) is 0.179. The summed E-state index contributed by atoms with van der Waals surface area (Å²) in [5.74, 6) is 0.00561. The second kappa shape index (κ2) is 7.56. The van der Waals surface area contributed by atoms with Crippen molar-refractivity contribution < 1.29 is 14.3 Å². The SMILES string of the molecule is COc1ccccc1CNC(=O)C1(C(=O)Nc2cccc(Cl)c2Cl)CC1. The molecule has 1 aliphatic carbocycles. The molecule has 0 bridgehead atoms. The van der Waals surface area contributed by atoms with Gasteiger partial charge in [-0.25, -0.2) is 0 Å². The van der Waals surface area contributed by atoms with Crippen molar-refractivity contribution in [3.8, 4) is 5.75 Å². The van der Waals surface area contributed by atoms with Crippen LogP contribution in [0.1, 0.15) is 18.4 Å². The zero-order valence-electron chi connectivity index (χ0n) is 14.1. The Hall–Kier alpha value is -2.24. The first-order chi connectivity index (χ1) is 12.5. The Bertz CT molecular complexity index is 850. The molecule has 0 unspecified atom stereocenters. The standard InChI is InChI=1S/C19H18Cl2N2O3/c1-26-15-8-3-2-5-12(15)11-22-17(24)19(9-10-19)18(25)23-14-7-4-6-13(20)16(14)21/h2-8H,9-11H2,1H3,(H,22,24)(H,23,25). The first-order valence-electron chi connectivity index (χ1n) is 8.13. The lowest BCUT2D eigenvalue weighted by Gasteiger charge is -2.17. The molecule has 0 heterocycles. The van der Waals surface area contributed by atoms with Crippen molar-refractivity contribution in [3.05, 3.63) is 58.1 Å². The number of nitrogens with one attached hydrogen (secondary N) is 2. The number of carbonyl (C=O) groups is 2. The largest absolute Gasteiger partial charge is 0.496 e. The predicted octanol–water partition coefficient (Wildman–Crippen LogP) is 4.04. The van der Waals surface area contributed by atoms with Gasteiger partial charge in [-0.05, 0) is 31.0 Å². The van der Waals surface area contributed by atoms with E-state index in [1.807, 2.05) is 24.3 Å². The summed E-state index contributed by atoms with van der Waals surface area (Å²) in [6.45, 7) is 0.287. The molecule has 3 rings (SSSR count). The molecule has 1 fully saturated rings. The summed E-state index contributed by atoms with van der Waals surface area (Å²) < 4.78 is 5.27. The summed E-state index contributed by atoms with van der Waals surface area (Å²) in [6, 6.07) is 12.4. The van der Waals surface area contributed by atoms with Crippen LogP contribution >= 0.6 is 23.2 Å². The van der Waals surface area contributed by atoms with E-state index in [0.29, 0.717) is 29.3 Å². The fourth-order valence-corrected chi connectivity index (χ4v) is 3.07. The summed E-state index contributed by atoms with van der Waals surface area (Å²) in [7, 11) is 1.57. The number of anilines is 1. The van der Waals surface area contributed by atoms with Crippen LogP contribution in [0.4, 0.5) is 5.69 Å². The molecule has 2 N–H and O–H groups in total. The summed E-state index contributed by atoms with van der Waals surface area (Å²) in [6.07, 6.45) is 0.990. The molecule has 1 saturated carbocycles. The molecule has 0 atom stereocenters. The van der Waals surface area contributed by atoms with Crippen LogP contribution in [-0.4, -0.2) is 18.9 Å². The fourth-order valence-electron chi connectivity index (χ4n) is 2.72. The normalized spacial score (nSPS) is 14.4. The van der Waals surface area contributed by atoms with E-state index in [1.54, 1.807) is 25.3 Å². The minimum Gasteiger partial charge on any atom is -0.496 e. The van der Waals surface area contributed by atoms with Crippen LogP contribution in [0.25, 0.3) is 0 Å².